The molecule has 0 atom stereocenters. The number of hydrogen-bond donors (Lipinski definition) is 0. The predicted octanol–water partition coefficient (Wildman–Crippen LogP) is 1.60. The summed E-state index contributed by atoms with van der Waals surface area (Å²) in [4.78, 5) is 22.8. The third-order valence-electron chi connectivity index (χ3n) is 2.11. The van der Waals surface area contributed by atoms with E-state index in [0.717, 1.165) is 5.57 Å². The maximum Gasteiger partial charge on any atom is 0.338 e. The molecule has 0 aromatic carbocycles. The highest BCUT2D eigenvalue weighted by Gasteiger charge is 2.06. The van der Waals surface area contributed by atoms with Crippen molar-refractivity contribution in [2.24, 2.45) is 0 Å². The summed E-state index contributed by atoms with van der Waals surface area (Å²) in [7, 11) is 1.29. The summed E-state index contributed by atoms with van der Waals surface area (Å²) < 4.78 is 6.06. The van der Waals surface area contributed by atoms with Gasteiger partial charge in [0.15, 0.2) is 0 Å². The van der Waals surface area contributed by atoms with Crippen molar-refractivity contribution in [3.8, 4) is 0 Å². The van der Waals surface area contributed by atoms with Crippen molar-refractivity contribution in [2.75, 3.05) is 7.11 Å². The Bertz CT molecular complexity index is 467. The lowest BCUT2D eigenvalue weighted by Gasteiger charge is -2.03. The summed E-state index contributed by atoms with van der Waals surface area (Å²) in [6.45, 7) is 4.45. The average molecular weight is 221 g/mol. The van der Waals surface area contributed by atoms with Crippen molar-refractivity contribution >= 4 is 5.97 Å². The number of rotatable bonds is 3. The molecule has 4 heteroatoms. The second kappa shape index (κ2) is 5.30. The molecule has 0 N–H and O–H groups in total. The Morgan fingerprint density at radius 2 is 2.19 bits per heavy atom. The van der Waals surface area contributed by atoms with Crippen molar-refractivity contribution in [3.05, 3.63) is 45.9 Å². The summed E-state index contributed by atoms with van der Waals surface area (Å²) in [5.41, 5.74) is 1.21. The molecule has 0 aliphatic heterocycles. The molecule has 0 aliphatic carbocycles. The third kappa shape index (κ3) is 3.08. The topological polar surface area (TPSA) is 48.3 Å². The summed E-state index contributed by atoms with van der Waals surface area (Å²) >= 11 is 0. The fourth-order valence-corrected chi connectivity index (χ4v) is 1.18. The van der Waals surface area contributed by atoms with Gasteiger partial charge in [-0.3, -0.25) is 4.79 Å². The molecule has 0 saturated heterocycles. The Hall–Kier alpha value is -1.84. The first kappa shape index (κ1) is 12.2. The molecule has 1 heterocycles. The van der Waals surface area contributed by atoms with Crippen molar-refractivity contribution in [3.63, 3.8) is 0 Å². The molecule has 0 radical (unpaired) electrons. The van der Waals surface area contributed by atoms with E-state index in [4.69, 9.17) is 0 Å². The van der Waals surface area contributed by atoms with Crippen LogP contribution in [-0.4, -0.2) is 17.6 Å². The SMILES string of the molecule is COC(=O)c1ccn(CC=C(C)C)c(=O)c1. The van der Waals surface area contributed by atoms with Gasteiger partial charge in [-0.05, 0) is 19.9 Å². The van der Waals surface area contributed by atoms with Gasteiger partial charge < -0.3 is 9.30 Å². The van der Waals surface area contributed by atoms with Crippen LogP contribution < -0.4 is 5.56 Å². The van der Waals surface area contributed by atoms with E-state index >= 15 is 0 Å². The highest BCUT2D eigenvalue weighted by Crippen LogP contribution is 1.98. The lowest BCUT2D eigenvalue weighted by molar-refractivity contribution is 0.0600. The van der Waals surface area contributed by atoms with E-state index in [1.807, 2.05) is 19.9 Å². The van der Waals surface area contributed by atoms with Crippen LogP contribution in [0.5, 0.6) is 0 Å². The number of esters is 1. The fourth-order valence-electron chi connectivity index (χ4n) is 1.18. The molecule has 0 bridgehead atoms. The fraction of sp³-hybridized carbons (Fsp3) is 0.333. The zero-order chi connectivity index (χ0) is 12.1. The highest BCUT2D eigenvalue weighted by molar-refractivity contribution is 5.88. The number of nitrogens with zero attached hydrogens (tertiary/aromatic N) is 1. The van der Waals surface area contributed by atoms with Gasteiger partial charge in [-0.15, -0.1) is 0 Å². The number of methoxy groups -OCH3 is 1. The summed E-state index contributed by atoms with van der Waals surface area (Å²) in [5.74, 6) is -0.494. The normalized spacial score (nSPS) is 9.69. The third-order valence-corrected chi connectivity index (χ3v) is 2.11. The van der Waals surface area contributed by atoms with Crippen molar-refractivity contribution in [1.29, 1.82) is 0 Å². The quantitative estimate of drug-likeness (QED) is 0.575. The first-order valence-corrected chi connectivity index (χ1v) is 4.96. The van der Waals surface area contributed by atoms with Crippen LogP contribution >= 0.6 is 0 Å². The van der Waals surface area contributed by atoms with Crippen LogP contribution in [0.3, 0.4) is 0 Å². The number of allylic oxidation sites excluding steroid dienone is 2. The van der Waals surface area contributed by atoms with Gasteiger partial charge in [0.25, 0.3) is 5.56 Å². The minimum absolute atomic E-state index is 0.208. The van der Waals surface area contributed by atoms with E-state index in [0.29, 0.717) is 6.54 Å². The van der Waals surface area contributed by atoms with E-state index in [9.17, 15) is 9.59 Å². The Balaban J connectivity index is 2.96. The van der Waals surface area contributed by atoms with E-state index in [1.54, 1.807) is 12.3 Å². The van der Waals surface area contributed by atoms with E-state index in [-0.39, 0.29) is 11.1 Å². The Kier molecular flexibility index (Phi) is 4.05. The van der Waals surface area contributed by atoms with Crippen molar-refractivity contribution in [2.45, 2.75) is 20.4 Å². The maximum atomic E-state index is 11.6. The minimum atomic E-state index is -0.494. The number of aromatic nitrogens is 1. The standard InChI is InChI=1S/C12H15NO3/c1-9(2)4-6-13-7-5-10(8-11(13)14)12(15)16-3/h4-5,7-8H,6H2,1-3H3. The molecule has 0 amide bonds. The van der Waals surface area contributed by atoms with Crippen LogP contribution in [0, 0.1) is 0 Å². The number of carbonyl (C=O) groups is 1. The van der Waals surface area contributed by atoms with Gasteiger partial charge in [0.2, 0.25) is 0 Å². The van der Waals surface area contributed by atoms with E-state index in [1.165, 1.54) is 17.7 Å². The van der Waals surface area contributed by atoms with Crippen LogP contribution in [0.2, 0.25) is 0 Å². The molecule has 0 aliphatic rings. The lowest BCUT2D eigenvalue weighted by Crippen LogP contribution is -2.20. The molecule has 0 fully saturated rings. The summed E-state index contributed by atoms with van der Waals surface area (Å²) in [6.07, 6.45) is 3.53. The molecular formula is C12H15NO3. The smallest absolute Gasteiger partial charge is 0.338 e. The van der Waals surface area contributed by atoms with E-state index in [2.05, 4.69) is 4.74 Å². The monoisotopic (exact) mass is 221 g/mol. The van der Waals surface area contributed by atoms with Crippen LogP contribution in [0.4, 0.5) is 0 Å². The molecule has 0 spiro atoms. The van der Waals surface area contributed by atoms with Gasteiger partial charge in [-0.25, -0.2) is 4.79 Å². The van der Waals surface area contributed by atoms with Crippen molar-refractivity contribution < 1.29 is 9.53 Å². The Morgan fingerprint density at radius 3 is 2.69 bits per heavy atom. The van der Waals surface area contributed by atoms with Crippen LogP contribution in [-0.2, 0) is 11.3 Å². The van der Waals surface area contributed by atoms with Gasteiger partial charge in [-0.2, -0.15) is 0 Å². The van der Waals surface area contributed by atoms with Gasteiger partial charge in [0.05, 0.1) is 12.7 Å². The van der Waals surface area contributed by atoms with Gasteiger partial charge in [0, 0.05) is 18.8 Å². The number of pyridine rings is 1. The van der Waals surface area contributed by atoms with Crippen LogP contribution in [0.1, 0.15) is 24.2 Å². The average Bonchev–Trinajstić information content (AvgIpc) is 2.26. The van der Waals surface area contributed by atoms with E-state index < -0.39 is 5.97 Å². The molecular weight excluding hydrogens is 206 g/mol. The molecule has 4 nitrogen and oxygen atoms in total. The zero-order valence-corrected chi connectivity index (χ0v) is 9.69. The number of carbonyl (C=O) groups excluding carboxylic acids is 1. The minimum Gasteiger partial charge on any atom is -0.465 e. The molecule has 1 aromatic rings. The zero-order valence-electron chi connectivity index (χ0n) is 9.69. The first-order valence-electron chi connectivity index (χ1n) is 4.96. The molecule has 1 rings (SSSR count). The van der Waals surface area contributed by atoms with Crippen LogP contribution in [0.15, 0.2) is 34.8 Å². The maximum absolute atomic E-state index is 11.6. The molecule has 86 valence electrons. The number of ether oxygens (including phenoxy) is 1. The molecule has 0 unspecified atom stereocenters. The highest BCUT2D eigenvalue weighted by atomic mass is 16.5. The number of hydrogen-bond acceptors (Lipinski definition) is 3. The lowest BCUT2D eigenvalue weighted by atomic mass is 10.2. The first-order chi connectivity index (χ1) is 7.54. The Morgan fingerprint density at radius 1 is 1.50 bits per heavy atom. The summed E-state index contributed by atoms with van der Waals surface area (Å²) in [5, 5.41) is 0. The van der Waals surface area contributed by atoms with Gasteiger partial charge in [0.1, 0.15) is 0 Å². The van der Waals surface area contributed by atoms with Gasteiger partial charge in [-0.1, -0.05) is 11.6 Å². The summed E-state index contributed by atoms with van der Waals surface area (Å²) in [6, 6.07) is 2.86. The second-order valence-corrected chi connectivity index (χ2v) is 3.68. The Labute approximate surface area is 94.2 Å². The predicted molar refractivity (Wildman–Crippen MR) is 61.5 cm³/mol. The largest absolute Gasteiger partial charge is 0.465 e. The molecule has 0 saturated carbocycles. The van der Waals surface area contributed by atoms with Crippen molar-refractivity contribution in [1.82, 2.24) is 4.57 Å². The van der Waals surface area contributed by atoms with Gasteiger partial charge >= 0.3 is 5.97 Å². The van der Waals surface area contributed by atoms with Crippen LogP contribution in [0.25, 0.3) is 0 Å². The molecule has 16 heavy (non-hydrogen) atoms. The second-order valence-electron chi connectivity index (χ2n) is 3.68. The molecule has 1 aromatic heterocycles.